The Kier molecular flexibility index (Phi) is 6.70. The van der Waals surface area contributed by atoms with Gasteiger partial charge >= 0.3 is 0 Å². The molecule has 10 unspecified atom stereocenters. The number of hydrogen-bond donors (Lipinski definition) is 8. The molecular weight excluding hydrogens is 480 g/mol. The Morgan fingerprint density at radius 3 is 2.50 bits per heavy atom. The van der Waals surface area contributed by atoms with Gasteiger partial charge in [-0.15, -0.1) is 0 Å². The second-order valence-electron chi connectivity index (χ2n) is 9.38. The molecule has 1 aromatic heterocycles. The van der Waals surface area contributed by atoms with Crippen LogP contribution in [0.25, 0.3) is 10.9 Å². The first-order valence-corrected chi connectivity index (χ1v) is 11.7. The Morgan fingerprint density at radius 1 is 1.06 bits per heavy atom. The Bertz CT molecular complexity index is 1120. The van der Waals surface area contributed by atoms with E-state index in [9.17, 15) is 40.5 Å². The van der Waals surface area contributed by atoms with Gasteiger partial charge in [0.25, 0.3) is 5.91 Å². The van der Waals surface area contributed by atoms with Gasteiger partial charge in [-0.3, -0.25) is 4.79 Å². The molecule has 3 aliphatic heterocycles. The Morgan fingerprint density at radius 2 is 1.81 bits per heavy atom. The van der Waals surface area contributed by atoms with E-state index in [0.29, 0.717) is 23.4 Å². The molecule has 2 saturated heterocycles. The van der Waals surface area contributed by atoms with Crippen LogP contribution >= 0.6 is 0 Å². The van der Waals surface area contributed by atoms with E-state index in [1.54, 1.807) is 12.1 Å². The predicted molar refractivity (Wildman–Crippen MR) is 120 cm³/mol. The molecule has 0 saturated carbocycles. The van der Waals surface area contributed by atoms with Gasteiger partial charge in [-0.1, -0.05) is 0 Å². The summed E-state index contributed by atoms with van der Waals surface area (Å²) in [7, 11) is 1.53. The van der Waals surface area contributed by atoms with Crippen molar-refractivity contribution in [2.24, 2.45) is 0 Å². The summed E-state index contributed by atoms with van der Waals surface area (Å²) in [5, 5.41) is 73.2. The van der Waals surface area contributed by atoms with Crippen molar-refractivity contribution in [1.29, 1.82) is 0 Å². The van der Waals surface area contributed by atoms with Crippen LogP contribution in [-0.2, 0) is 20.7 Å². The van der Waals surface area contributed by atoms with Crippen molar-refractivity contribution in [2.45, 2.75) is 67.6 Å². The van der Waals surface area contributed by atoms with Crippen LogP contribution in [0.15, 0.2) is 18.2 Å². The van der Waals surface area contributed by atoms with Gasteiger partial charge in [-0.05, 0) is 24.1 Å². The zero-order chi connectivity index (χ0) is 25.9. The summed E-state index contributed by atoms with van der Waals surface area (Å²) >= 11 is 0. The molecule has 2 aromatic rings. The molecule has 13 nitrogen and oxygen atoms in total. The Hall–Kier alpha value is -2.33. The van der Waals surface area contributed by atoms with Crippen LogP contribution in [-0.4, -0.2) is 127 Å². The highest BCUT2D eigenvalue weighted by Gasteiger charge is 2.54. The van der Waals surface area contributed by atoms with Crippen LogP contribution in [0, 0.1) is 0 Å². The number of nitrogens with zero attached hydrogens (tertiary/aromatic N) is 1. The fourth-order valence-electron chi connectivity index (χ4n) is 5.39. The van der Waals surface area contributed by atoms with Crippen LogP contribution in [0.5, 0.6) is 5.75 Å². The largest absolute Gasteiger partial charge is 0.497 e. The molecule has 13 heteroatoms. The number of fused-ring (bicyclic) bond motifs is 5. The van der Waals surface area contributed by atoms with Crippen LogP contribution in [0.4, 0.5) is 0 Å². The molecule has 0 bridgehead atoms. The normalized spacial score (nSPS) is 39.0. The molecule has 8 N–H and O–H groups in total. The van der Waals surface area contributed by atoms with E-state index in [-0.39, 0.29) is 6.54 Å². The van der Waals surface area contributed by atoms with Crippen molar-refractivity contribution in [3.05, 3.63) is 29.5 Å². The lowest BCUT2D eigenvalue weighted by Crippen LogP contribution is -2.61. The zero-order valence-corrected chi connectivity index (χ0v) is 19.3. The number of hydrogen-bond acceptors (Lipinski definition) is 11. The van der Waals surface area contributed by atoms with E-state index in [1.807, 2.05) is 6.07 Å². The number of carbonyl (C=O) groups is 1. The van der Waals surface area contributed by atoms with Gasteiger partial charge in [-0.2, -0.15) is 0 Å². The van der Waals surface area contributed by atoms with E-state index < -0.39 is 73.7 Å². The van der Waals surface area contributed by atoms with Gasteiger partial charge in [0.05, 0.1) is 13.7 Å². The van der Waals surface area contributed by atoms with Crippen molar-refractivity contribution in [3.8, 4) is 5.75 Å². The molecule has 0 spiro atoms. The molecule has 5 rings (SSSR count). The second kappa shape index (κ2) is 9.52. The number of amides is 1. The highest BCUT2D eigenvalue weighted by atomic mass is 16.7. The monoisotopic (exact) mass is 510 g/mol. The standard InChI is InChI=1S/C23H30N2O11/c1-34-8-2-3-9-10-4-5-25-14(13(10)24-11(9)6-8)21(18(30)17(29)19(31)22(25)33)36-23-20(32)16(28)15(27)12(7-26)35-23/h2-3,6,12,14-21,23-24,26-32H,4-5,7H2,1H3. The maximum Gasteiger partial charge on any atom is 0.254 e. The lowest BCUT2D eigenvalue weighted by molar-refractivity contribution is -0.323. The van der Waals surface area contributed by atoms with Crippen molar-refractivity contribution < 1.29 is 54.8 Å². The molecule has 2 fully saturated rings. The minimum absolute atomic E-state index is 0.139. The minimum Gasteiger partial charge on any atom is -0.497 e. The fourth-order valence-corrected chi connectivity index (χ4v) is 5.39. The highest BCUT2D eigenvalue weighted by molar-refractivity contribution is 5.88. The minimum atomic E-state index is -1.93. The van der Waals surface area contributed by atoms with E-state index in [4.69, 9.17) is 14.2 Å². The number of nitrogens with one attached hydrogen (secondary N) is 1. The maximum absolute atomic E-state index is 13.1. The molecule has 198 valence electrons. The van der Waals surface area contributed by atoms with Crippen LogP contribution < -0.4 is 4.74 Å². The topological polar surface area (TPSA) is 205 Å². The molecule has 0 radical (unpaired) electrons. The number of ether oxygens (including phenoxy) is 3. The first-order valence-electron chi connectivity index (χ1n) is 11.7. The van der Waals surface area contributed by atoms with E-state index in [1.165, 1.54) is 12.0 Å². The third-order valence-corrected chi connectivity index (χ3v) is 7.38. The third kappa shape index (κ3) is 3.88. The SMILES string of the molecule is COc1ccc2c3c([nH]c2c1)C1C(OC2OC(CO)C(O)C(O)C2O)C(O)C(O)C(O)C(=O)N1CC3. The van der Waals surface area contributed by atoms with Crippen LogP contribution in [0.1, 0.15) is 17.3 Å². The van der Waals surface area contributed by atoms with Gasteiger partial charge in [0, 0.05) is 29.2 Å². The first-order chi connectivity index (χ1) is 17.2. The average molecular weight is 510 g/mol. The number of aromatic nitrogens is 1. The molecule has 1 amide bonds. The Balaban J connectivity index is 1.59. The molecule has 0 aliphatic carbocycles. The highest BCUT2D eigenvalue weighted by Crippen LogP contribution is 2.42. The van der Waals surface area contributed by atoms with E-state index in [0.717, 1.165) is 10.9 Å². The van der Waals surface area contributed by atoms with Crippen molar-refractivity contribution in [2.75, 3.05) is 20.3 Å². The second-order valence-corrected chi connectivity index (χ2v) is 9.38. The van der Waals surface area contributed by atoms with Gasteiger partial charge in [-0.25, -0.2) is 0 Å². The summed E-state index contributed by atoms with van der Waals surface area (Å²) in [4.78, 5) is 17.6. The molecule has 3 aliphatic rings. The number of aromatic amines is 1. The summed E-state index contributed by atoms with van der Waals surface area (Å²) in [5.74, 6) is -0.219. The Labute approximate surface area is 205 Å². The molecule has 10 atom stereocenters. The quantitative estimate of drug-likeness (QED) is 0.207. The van der Waals surface area contributed by atoms with E-state index >= 15 is 0 Å². The van der Waals surface area contributed by atoms with Crippen LogP contribution in [0.3, 0.4) is 0 Å². The molecule has 1 aromatic carbocycles. The summed E-state index contributed by atoms with van der Waals surface area (Å²) < 4.78 is 16.7. The lowest BCUT2D eigenvalue weighted by atomic mass is 9.91. The fraction of sp³-hybridized carbons (Fsp3) is 0.609. The number of benzene rings is 1. The number of methoxy groups -OCH3 is 1. The van der Waals surface area contributed by atoms with Gasteiger partial charge in [0.15, 0.2) is 12.4 Å². The molecular formula is C23H30N2O11. The van der Waals surface area contributed by atoms with Crippen molar-refractivity contribution in [1.82, 2.24) is 9.88 Å². The van der Waals surface area contributed by atoms with Crippen LogP contribution in [0.2, 0.25) is 0 Å². The first kappa shape index (κ1) is 25.3. The number of carbonyl (C=O) groups excluding carboxylic acids is 1. The number of H-pyrrole nitrogens is 1. The van der Waals surface area contributed by atoms with Gasteiger partial charge in [0.2, 0.25) is 0 Å². The number of aliphatic hydroxyl groups is 7. The number of rotatable bonds is 4. The maximum atomic E-state index is 13.1. The third-order valence-electron chi connectivity index (χ3n) is 7.38. The molecule has 36 heavy (non-hydrogen) atoms. The lowest BCUT2D eigenvalue weighted by Gasteiger charge is -2.44. The van der Waals surface area contributed by atoms with Crippen molar-refractivity contribution in [3.63, 3.8) is 0 Å². The van der Waals surface area contributed by atoms with Crippen molar-refractivity contribution >= 4 is 16.8 Å². The molecule has 4 heterocycles. The average Bonchev–Trinajstić information content (AvgIpc) is 3.24. The van der Waals surface area contributed by atoms with Gasteiger partial charge < -0.3 is 59.8 Å². The summed E-state index contributed by atoms with van der Waals surface area (Å²) in [5.41, 5.74) is 2.02. The predicted octanol–water partition coefficient (Wildman–Crippen LogP) is -3.12. The zero-order valence-electron chi connectivity index (χ0n) is 19.3. The summed E-state index contributed by atoms with van der Waals surface area (Å²) in [6.45, 7) is -0.554. The number of aliphatic hydroxyl groups excluding tert-OH is 7. The van der Waals surface area contributed by atoms with Gasteiger partial charge in [0.1, 0.15) is 54.5 Å². The summed E-state index contributed by atoms with van der Waals surface area (Å²) in [6.07, 6.45) is -14.8. The summed E-state index contributed by atoms with van der Waals surface area (Å²) in [6, 6.07) is 4.36. The van der Waals surface area contributed by atoms with E-state index in [2.05, 4.69) is 4.98 Å². The smallest absolute Gasteiger partial charge is 0.254 e.